The number of hydrogen-bond acceptors (Lipinski definition) is 3. The van der Waals surface area contributed by atoms with Crippen LogP contribution in [0.1, 0.15) is 32.9 Å². The maximum absolute atomic E-state index is 4.31. The Balaban J connectivity index is 2.00. The van der Waals surface area contributed by atoms with Crippen molar-refractivity contribution in [3.63, 3.8) is 0 Å². The molecule has 16 heavy (non-hydrogen) atoms. The summed E-state index contributed by atoms with van der Waals surface area (Å²) in [4.78, 5) is 0. The SMILES string of the molecule is Cn1ccc(CNCCCNC(C)(C)C)n1. The molecular formula is C12H24N4. The molecule has 0 saturated heterocycles. The highest BCUT2D eigenvalue weighted by molar-refractivity contribution is 4.97. The van der Waals surface area contributed by atoms with Crippen LogP contribution in [0.5, 0.6) is 0 Å². The van der Waals surface area contributed by atoms with Crippen LogP contribution in [0.4, 0.5) is 0 Å². The predicted octanol–water partition coefficient (Wildman–Crippen LogP) is 1.29. The Morgan fingerprint density at radius 3 is 2.62 bits per heavy atom. The summed E-state index contributed by atoms with van der Waals surface area (Å²) in [6, 6.07) is 2.04. The van der Waals surface area contributed by atoms with Crippen LogP contribution >= 0.6 is 0 Å². The van der Waals surface area contributed by atoms with E-state index in [0.717, 1.165) is 31.7 Å². The maximum Gasteiger partial charge on any atom is 0.0762 e. The molecule has 0 bridgehead atoms. The minimum absolute atomic E-state index is 0.223. The summed E-state index contributed by atoms with van der Waals surface area (Å²) >= 11 is 0. The Bertz CT molecular complexity index is 298. The van der Waals surface area contributed by atoms with Crippen LogP contribution in [0.2, 0.25) is 0 Å². The van der Waals surface area contributed by atoms with Crippen LogP contribution in [-0.4, -0.2) is 28.4 Å². The first-order chi connectivity index (χ1) is 7.47. The van der Waals surface area contributed by atoms with Crippen LogP contribution in [0.25, 0.3) is 0 Å². The molecule has 0 radical (unpaired) electrons. The Morgan fingerprint density at radius 1 is 1.31 bits per heavy atom. The fourth-order valence-corrected chi connectivity index (χ4v) is 1.45. The summed E-state index contributed by atoms with van der Waals surface area (Å²) in [5.41, 5.74) is 1.33. The average molecular weight is 224 g/mol. The van der Waals surface area contributed by atoms with Gasteiger partial charge >= 0.3 is 0 Å². The molecule has 1 aromatic heterocycles. The summed E-state index contributed by atoms with van der Waals surface area (Å²) in [5.74, 6) is 0. The zero-order valence-electron chi connectivity index (χ0n) is 10.9. The molecule has 0 aliphatic carbocycles. The molecule has 0 atom stereocenters. The topological polar surface area (TPSA) is 41.9 Å². The van der Waals surface area contributed by atoms with Crippen LogP contribution in [-0.2, 0) is 13.6 Å². The largest absolute Gasteiger partial charge is 0.312 e. The number of aromatic nitrogens is 2. The van der Waals surface area contributed by atoms with Crippen molar-refractivity contribution in [1.82, 2.24) is 20.4 Å². The maximum atomic E-state index is 4.31. The van der Waals surface area contributed by atoms with Gasteiger partial charge in [-0.1, -0.05) is 0 Å². The molecule has 2 N–H and O–H groups in total. The van der Waals surface area contributed by atoms with E-state index in [0.29, 0.717) is 0 Å². The second kappa shape index (κ2) is 6.01. The second-order valence-electron chi connectivity index (χ2n) is 5.19. The molecule has 0 unspecified atom stereocenters. The average Bonchev–Trinajstić information content (AvgIpc) is 2.56. The summed E-state index contributed by atoms with van der Waals surface area (Å²) in [7, 11) is 1.94. The van der Waals surface area contributed by atoms with Crippen molar-refractivity contribution in [3.05, 3.63) is 18.0 Å². The van der Waals surface area contributed by atoms with Gasteiger partial charge in [-0.2, -0.15) is 5.10 Å². The normalized spacial score (nSPS) is 12.0. The number of rotatable bonds is 6. The molecule has 1 rings (SSSR count). The van der Waals surface area contributed by atoms with E-state index in [1.54, 1.807) is 0 Å². The molecule has 1 aromatic rings. The van der Waals surface area contributed by atoms with Gasteiger partial charge in [-0.25, -0.2) is 0 Å². The minimum Gasteiger partial charge on any atom is -0.312 e. The Morgan fingerprint density at radius 2 is 2.06 bits per heavy atom. The Kier molecular flexibility index (Phi) is 4.96. The molecule has 4 heteroatoms. The minimum atomic E-state index is 0.223. The molecule has 0 spiro atoms. The zero-order chi connectivity index (χ0) is 12.0. The van der Waals surface area contributed by atoms with E-state index in [9.17, 15) is 0 Å². The van der Waals surface area contributed by atoms with Gasteiger partial charge in [0, 0.05) is 25.3 Å². The zero-order valence-corrected chi connectivity index (χ0v) is 10.9. The van der Waals surface area contributed by atoms with Gasteiger partial charge < -0.3 is 10.6 Å². The quantitative estimate of drug-likeness (QED) is 0.715. The molecule has 0 fully saturated rings. The number of nitrogens with zero attached hydrogens (tertiary/aromatic N) is 2. The highest BCUT2D eigenvalue weighted by Gasteiger charge is 2.06. The van der Waals surface area contributed by atoms with Crippen molar-refractivity contribution in [1.29, 1.82) is 0 Å². The highest BCUT2D eigenvalue weighted by Crippen LogP contribution is 1.97. The van der Waals surface area contributed by atoms with Gasteiger partial charge in [0.25, 0.3) is 0 Å². The first-order valence-corrected chi connectivity index (χ1v) is 5.92. The van der Waals surface area contributed by atoms with Crippen LogP contribution in [0.15, 0.2) is 12.3 Å². The van der Waals surface area contributed by atoms with E-state index in [4.69, 9.17) is 0 Å². The third-order valence-electron chi connectivity index (χ3n) is 2.26. The first kappa shape index (κ1) is 13.2. The van der Waals surface area contributed by atoms with E-state index in [1.807, 2.05) is 24.0 Å². The molecule has 0 saturated carbocycles. The lowest BCUT2D eigenvalue weighted by Crippen LogP contribution is -2.37. The summed E-state index contributed by atoms with van der Waals surface area (Å²) < 4.78 is 1.83. The number of aryl methyl sites for hydroxylation is 1. The monoisotopic (exact) mass is 224 g/mol. The van der Waals surface area contributed by atoms with Crippen LogP contribution in [0, 0.1) is 0 Å². The van der Waals surface area contributed by atoms with E-state index < -0.39 is 0 Å². The van der Waals surface area contributed by atoms with Crippen LogP contribution in [0.3, 0.4) is 0 Å². The van der Waals surface area contributed by atoms with Gasteiger partial charge in [-0.05, 0) is 46.3 Å². The van der Waals surface area contributed by atoms with Crippen molar-refractivity contribution in [2.75, 3.05) is 13.1 Å². The molecule has 92 valence electrons. The number of nitrogens with one attached hydrogen (secondary N) is 2. The standard InChI is InChI=1S/C12H24N4/c1-12(2,3)14-8-5-7-13-10-11-6-9-16(4)15-11/h6,9,13-14H,5,7-8,10H2,1-4H3. The second-order valence-corrected chi connectivity index (χ2v) is 5.19. The first-order valence-electron chi connectivity index (χ1n) is 5.92. The van der Waals surface area contributed by atoms with Gasteiger partial charge in [-0.3, -0.25) is 4.68 Å². The summed E-state index contributed by atoms with van der Waals surface area (Å²) in [5, 5.41) is 11.2. The van der Waals surface area contributed by atoms with Gasteiger partial charge in [-0.15, -0.1) is 0 Å². The predicted molar refractivity (Wildman–Crippen MR) is 67.3 cm³/mol. The smallest absolute Gasteiger partial charge is 0.0762 e. The van der Waals surface area contributed by atoms with Crippen molar-refractivity contribution in [2.24, 2.45) is 7.05 Å². The lowest BCUT2D eigenvalue weighted by Gasteiger charge is -2.20. The molecule has 1 heterocycles. The van der Waals surface area contributed by atoms with Gasteiger partial charge in [0.2, 0.25) is 0 Å². The molecule has 0 aliphatic heterocycles. The molecule has 0 amide bonds. The fraction of sp³-hybridized carbons (Fsp3) is 0.750. The van der Waals surface area contributed by atoms with Crippen molar-refractivity contribution in [2.45, 2.75) is 39.3 Å². The van der Waals surface area contributed by atoms with Gasteiger partial charge in [0.05, 0.1) is 5.69 Å². The van der Waals surface area contributed by atoms with Gasteiger partial charge in [0.1, 0.15) is 0 Å². The third-order valence-corrected chi connectivity index (χ3v) is 2.26. The lowest BCUT2D eigenvalue weighted by molar-refractivity contribution is 0.418. The molecule has 4 nitrogen and oxygen atoms in total. The molecule has 0 aromatic carbocycles. The van der Waals surface area contributed by atoms with E-state index in [2.05, 4.69) is 36.5 Å². The Hall–Kier alpha value is -0.870. The molecule has 0 aliphatic rings. The van der Waals surface area contributed by atoms with Crippen molar-refractivity contribution < 1.29 is 0 Å². The number of hydrogen-bond donors (Lipinski definition) is 2. The van der Waals surface area contributed by atoms with E-state index >= 15 is 0 Å². The fourth-order valence-electron chi connectivity index (χ4n) is 1.45. The Labute approximate surface area is 98.4 Å². The lowest BCUT2D eigenvalue weighted by atomic mass is 10.1. The van der Waals surface area contributed by atoms with Gasteiger partial charge in [0.15, 0.2) is 0 Å². The molecular weight excluding hydrogens is 200 g/mol. The third kappa shape index (κ3) is 5.88. The van der Waals surface area contributed by atoms with E-state index in [1.165, 1.54) is 0 Å². The van der Waals surface area contributed by atoms with Crippen LogP contribution < -0.4 is 10.6 Å². The van der Waals surface area contributed by atoms with Crippen molar-refractivity contribution >= 4 is 0 Å². The van der Waals surface area contributed by atoms with E-state index in [-0.39, 0.29) is 5.54 Å². The summed E-state index contributed by atoms with van der Waals surface area (Å²) in [6.07, 6.45) is 3.11. The summed E-state index contributed by atoms with van der Waals surface area (Å²) in [6.45, 7) is 9.51. The highest BCUT2D eigenvalue weighted by atomic mass is 15.3. The van der Waals surface area contributed by atoms with Crippen molar-refractivity contribution in [3.8, 4) is 0 Å².